The average Bonchev–Trinajstić information content (AvgIpc) is 2.03. The summed E-state index contributed by atoms with van der Waals surface area (Å²) in [4.78, 5) is 17.8. The number of carbonyl (C=O) groups is 1. The minimum absolute atomic E-state index is 0.376. The van der Waals surface area contributed by atoms with E-state index in [0.29, 0.717) is 5.82 Å². The van der Waals surface area contributed by atoms with E-state index in [1.165, 1.54) is 6.08 Å². The number of carboxylic acids is 1. The summed E-state index contributed by atoms with van der Waals surface area (Å²) in [5.41, 5.74) is 0. The predicted octanol–water partition coefficient (Wildman–Crippen LogP) is 1.34. The number of hydrogen-bond acceptors (Lipinski definition) is 3. The molecule has 62 valence electrons. The van der Waals surface area contributed by atoms with Gasteiger partial charge in [-0.25, -0.2) is 14.8 Å². The standard InChI is InChI=1S/C7H5BrN2O2/c8-5-3-9-6(10-4-5)1-2-7(11)12/h1-4H,(H,11,12). The first kappa shape index (κ1) is 8.86. The lowest BCUT2D eigenvalue weighted by atomic mass is 10.4. The van der Waals surface area contributed by atoms with Gasteiger partial charge in [-0.2, -0.15) is 0 Å². The van der Waals surface area contributed by atoms with Gasteiger partial charge >= 0.3 is 5.97 Å². The second kappa shape index (κ2) is 3.96. The summed E-state index contributed by atoms with van der Waals surface area (Å²) >= 11 is 3.16. The van der Waals surface area contributed by atoms with Crippen molar-refractivity contribution < 1.29 is 9.90 Å². The molecule has 0 amide bonds. The largest absolute Gasteiger partial charge is 0.478 e. The summed E-state index contributed by atoms with van der Waals surface area (Å²) in [6, 6.07) is 0. The summed E-state index contributed by atoms with van der Waals surface area (Å²) < 4.78 is 0.759. The van der Waals surface area contributed by atoms with Gasteiger partial charge in [-0.1, -0.05) is 0 Å². The molecule has 1 heterocycles. The van der Waals surface area contributed by atoms with Gasteiger partial charge in [0.25, 0.3) is 0 Å². The monoisotopic (exact) mass is 228 g/mol. The van der Waals surface area contributed by atoms with Gasteiger partial charge in [-0.3, -0.25) is 0 Å². The summed E-state index contributed by atoms with van der Waals surface area (Å²) in [5, 5.41) is 8.28. The molecule has 0 radical (unpaired) electrons. The Morgan fingerprint density at radius 2 is 2.08 bits per heavy atom. The second-order valence-corrected chi connectivity index (χ2v) is 2.85. The van der Waals surface area contributed by atoms with Crippen LogP contribution in [0.2, 0.25) is 0 Å². The van der Waals surface area contributed by atoms with E-state index in [-0.39, 0.29) is 0 Å². The van der Waals surface area contributed by atoms with Gasteiger partial charge in [0.1, 0.15) is 0 Å². The Morgan fingerprint density at radius 3 is 2.58 bits per heavy atom. The first-order valence-corrected chi connectivity index (χ1v) is 3.86. The maximum atomic E-state index is 10.1. The highest BCUT2D eigenvalue weighted by atomic mass is 79.9. The molecule has 0 unspecified atom stereocenters. The van der Waals surface area contributed by atoms with E-state index >= 15 is 0 Å². The zero-order valence-electron chi connectivity index (χ0n) is 5.94. The first-order chi connectivity index (χ1) is 5.68. The van der Waals surface area contributed by atoms with Crippen molar-refractivity contribution in [1.29, 1.82) is 0 Å². The molecule has 1 rings (SSSR count). The van der Waals surface area contributed by atoms with Crippen molar-refractivity contribution in [2.75, 3.05) is 0 Å². The molecule has 5 heteroatoms. The van der Waals surface area contributed by atoms with Crippen molar-refractivity contribution in [2.45, 2.75) is 0 Å². The van der Waals surface area contributed by atoms with Crippen LogP contribution < -0.4 is 0 Å². The van der Waals surface area contributed by atoms with Crippen molar-refractivity contribution in [3.63, 3.8) is 0 Å². The third-order valence-electron chi connectivity index (χ3n) is 1.02. The molecule has 0 aliphatic carbocycles. The van der Waals surface area contributed by atoms with E-state index in [4.69, 9.17) is 5.11 Å². The molecule has 0 fully saturated rings. The molecule has 0 aliphatic heterocycles. The van der Waals surface area contributed by atoms with E-state index in [2.05, 4.69) is 25.9 Å². The maximum absolute atomic E-state index is 10.1. The zero-order chi connectivity index (χ0) is 8.97. The fraction of sp³-hybridized carbons (Fsp3) is 0. The van der Waals surface area contributed by atoms with E-state index in [1.807, 2.05) is 0 Å². The van der Waals surface area contributed by atoms with E-state index in [1.54, 1.807) is 12.4 Å². The molecule has 1 aromatic heterocycles. The fourth-order valence-corrected chi connectivity index (χ4v) is 0.759. The summed E-state index contributed by atoms with van der Waals surface area (Å²) in [6.07, 6.45) is 5.42. The maximum Gasteiger partial charge on any atom is 0.328 e. The van der Waals surface area contributed by atoms with Crippen LogP contribution in [-0.4, -0.2) is 21.0 Å². The molecule has 0 aromatic carbocycles. The van der Waals surface area contributed by atoms with Crippen LogP contribution in [0.25, 0.3) is 6.08 Å². The molecule has 1 aromatic rings. The molecule has 0 bridgehead atoms. The summed E-state index contributed by atoms with van der Waals surface area (Å²) in [5.74, 6) is -0.637. The van der Waals surface area contributed by atoms with Crippen LogP contribution in [0.3, 0.4) is 0 Å². The molecule has 1 N–H and O–H groups in total. The van der Waals surface area contributed by atoms with Crippen LogP contribution in [0, 0.1) is 0 Å². The van der Waals surface area contributed by atoms with Gasteiger partial charge in [0.2, 0.25) is 0 Å². The highest BCUT2D eigenvalue weighted by molar-refractivity contribution is 9.10. The molecular formula is C7H5BrN2O2. The second-order valence-electron chi connectivity index (χ2n) is 1.93. The van der Waals surface area contributed by atoms with Crippen molar-refractivity contribution in [1.82, 2.24) is 9.97 Å². The number of carboxylic acid groups (broad SMARTS) is 1. The predicted molar refractivity (Wildman–Crippen MR) is 46.4 cm³/mol. The lowest BCUT2D eigenvalue weighted by Crippen LogP contribution is -1.89. The minimum atomic E-state index is -1.01. The van der Waals surface area contributed by atoms with E-state index in [0.717, 1.165) is 10.5 Å². The Balaban J connectivity index is 2.77. The lowest BCUT2D eigenvalue weighted by molar-refractivity contribution is -0.131. The van der Waals surface area contributed by atoms with Crippen molar-refractivity contribution in [3.05, 3.63) is 28.8 Å². The highest BCUT2D eigenvalue weighted by Gasteiger charge is 1.91. The normalized spacial score (nSPS) is 10.4. The third kappa shape index (κ3) is 2.79. The van der Waals surface area contributed by atoms with Crippen molar-refractivity contribution in [3.8, 4) is 0 Å². The van der Waals surface area contributed by atoms with Crippen molar-refractivity contribution in [2.24, 2.45) is 0 Å². The summed E-state index contributed by atoms with van der Waals surface area (Å²) in [6.45, 7) is 0. The number of aromatic nitrogens is 2. The summed E-state index contributed by atoms with van der Waals surface area (Å²) in [7, 11) is 0. The van der Waals surface area contributed by atoms with Gasteiger partial charge < -0.3 is 5.11 Å². The Kier molecular flexibility index (Phi) is 2.93. The number of nitrogens with zero attached hydrogens (tertiary/aromatic N) is 2. The number of halogens is 1. The third-order valence-corrected chi connectivity index (χ3v) is 1.42. The minimum Gasteiger partial charge on any atom is -0.478 e. The molecule has 0 saturated carbocycles. The lowest BCUT2D eigenvalue weighted by Gasteiger charge is -1.89. The molecule has 4 nitrogen and oxygen atoms in total. The quantitative estimate of drug-likeness (QED) is 0.777. The SMILES string of the molecule is O=C(O)C=Cc1ncc(Br)cn1. The van der Waals surface area contributed by atoms with Crippen LogP contribution in [0.4, 0.5) is 0 Å². The van der Waals surface area contributed by atoms with Crippen LogP contribution in [-0.2, 0) is 4.79 Å². The number of rotatable bonds is 2. The van der Waals surface area contributed by atoms with Crippen molar-refractivity contribution >= 4 is 28.0 Å². The molecular weight excluding hydrogens is 224 g/mol. The Hall–Kier alpha value is -1.23. The highest BCUT2D eigenvalue weighted by Crippen LogP contribution is 2.04. The fourth-order valence-electron chi connectivity index (χ4n) is 0.554. The topological polar surface area (TPSA) is 63.1 Å². The Bertz CT molecular complexity index is 308. The molecule has 0 aliphatic rings. The zero-order valence-corrected chi connectivity index (χ0v) is 7.52. The average molecular weight is 229 g/mol. The van der Waals surface area contributed by atoms with Crippen LogP contribution in [0.15, 0.2) is 22.9 Å². The number of aliphatic carboxylic acids is 1. The van der Waals surface area contributed by atoms with Gasteiger partial charge in [-0.05, 0) is 22.0 Å². The Morgan fingerprint density at radius 1 is 1.50 bits per heavy atom. The Labute approximate surface area is 77.1 Å². The smallest absolute Gasteiger partial charge is 0.328 e. The molecule has 12 heavy (non-hydrogen) atoms. The molecule has 0 spiro atoms. The van der Waals surface area contributed by atoms with Crippen LogP contribution in [0.1, 0.15) is 5.82 Å². The molecule has 0 saturated heterocycles. The number of hydrogen-bond donors (Lipinski definition) is 1. The van der Waals surface area contributed by atoms with Crippen LogP contribution >= 0.6 is 15.9 Å². The van der Waals surface area contributed by atoms with Gasteiger partial charge in [0, 0.05) is 18.5 Å². The van der Waals surface area contributed by atoms with E-state index in [9.17, 15) is 4.79 Å². The molecule has 0 atom stereocenters. The van der Waals surface area contributed by atoms with Gasteiger partial charge in [0.15, 0.2) is 5.82 Å². The van der Waals surface area contributed by atoms with Gasteiger partial charge in [0.05, 0.1) is 4.47 Å². The van der Waals surface area contributed by atoms with Gasteiger partial charge in [-0.15, -0.1) is 0 Å². The first-order valence-electron chi connectivity index (χ1n) is 3.07. The van der Waals surface area contributed by atoms with E-state index < -0.39 is 5.97 Å². The van der Waals surface area contributed by atoms with Crippen LogP contribution in [0.5, 0.6) is 0 Å².